The number of amides is 1. The first-order chi connectivity index (χ1) is 10.8. The molecule has 0 aliphatic carbocycles. The maximum atomic E-state index is 12.7. The van der Waals surface area contributed by atoms with Crippen molar-refractivity contribution in [2.75, 3.05) is 5.32 Å². The average Bonchev–Trinajstić information content (AvgIpc) is 2.34. The van der Waals surface area contributed by atoms with Gasteiger partial charge in [0.05, 0.1) is 11.1 Å². The number of benzene rings is 1. The van der Waals surface area contributed by atoms with Crippen molar-refractivity contribution in [2.45, 2.75) is 32.1 Å². The van der Waals surface area contributed by atoms with E-state index in [9.17, 15) is 35.9 Å². The molecular weight excluding hydrogens is 344 g/mol. The summed E-state index contributed by atoms with van der Waals surface area (Å²) in [5, 5.41) is 10.5. The Bertz CT molecular complexity index is 592. The lowest BCUT2D eigenvalue weighted by Gasteiger charge is -2.15. The van der Waals surface area contributed by atoms with Gasteiger partial charge in [-0.05, 0) is 24.1 Å². The number of anilines is 1. The summed E-state index contributed by atoms with van der Waals surface area (Å²) in [4.78, 5) is 22.1. The molecule has 0 heterocycles. The molecule has 0 unspecified atom stereocenters. The standard InChI is InChI=1S/C14H13F6NO3/c1-7(3-12(23)24)2-11(22)21-10-5-8(13(15,16)17)4-9(6-10)14(18,19)20/h4-7H,2-3H2,1H3,(H,21,22)(H,23,24)/t7-/m0/s1. The van der Waals surface area contributed by atoms with Crippen molar-refractivity contribution in [1.82, 2.24) is 0 Å². The van der Waals surface area contributed by atoms with Gasteiger partial charge in [-0.15, -0.1) is 0 Å². The van der Waals surface area contributed by atoms with Crippen molar-refractivity contribution >= 4 is 17.6 Å². The zero-order valence-electron chi connectivity index (χ0n) is 12.3. The third-order valence-electron chi connectivity index (χ3n) is 2.93. The molecule has 1 atom stereocenters. The average molecular weight is 357 g/mol. The third-order valence-corrected chi connectivity index (χ3v) is 2.93. The molecule has 0 saturated heterocycles. The number of hydrogen-bond acceptors (Lipinski definition) is 2. The van der Waals surface area contributed by atoms with Gasteiger partial charge in [0, 0.05) is 18.5 Å². The normalized spacial score (nSPS) is 13.5. The van der Waals surface area contributed by atoms with E-state index in [2.05, 4.69) is 0 Å². The smallest absolute Gasteiger partial charge is 0.416 e. The fourth-order valence-electron chi connectivity index (χ4n) is 1.93. The molecule has 0 aliphatic rings. The number of carbonyl (C=O) groups is 2. The molecule has 1 aromatic carbocycles. The van der Waals surface area contributed by atoms with E-state index in [1.165, 1.54) is 6.92 Å². The van der Waals surface area contributed by atoms with Gasteiger partial charge < -0.3 is 10.4 Å². The number of carboxylic acids is 1. The lowest BCUT2D eigenvalue weighted by Crippen LogP contribution is -2.18. The Kier molecular flexibility index (Phi) is 5.85. The van der Waals surface area contributed by atoms with Crippen molar-refractivity contribution in [3.63, 3.8) is 0 Å². The lowest BCUT2D eigenvalue weighted by molar-refractivity contribution is -0.143. The van der Waals surface area contributed by atoms with Crippen molar-refractivity contribution in [1.29, 1.82) is 0 Å². The van der Waals surface area contributed by atoms with E-state index in [0.29, 0.717) is 12.1 Å². The third kappa shape index (κ3) is 6.09. The van der Waals surface area contributed by atoms with Gasteiger partial charge in [-0.1, -0.05) is 6.92 Å². The molecule has 1 rings (SSSR count). The Labute approximate surface area is 132 Å². The van der Waals surface area contributed by atoms with E-state index in [-0.39, 0.29) is 18.9 Å². The number of alkyl halides is 6. The number of halogens is 6. The van der Waals surface area contributed by atoms with Crippen molar-refractivity contribution in [2.24, 2.45) is 5.92 Å². The van der Waals surface area contributed by atoms with Gasteiger partial charge in [0.15, 0.2) is 0 Å². The van der Waals surface area contributed by atoms with E-state index in [1.807, 2.05) is 5.32 Å². The second-order valence-corrected chi connectivity index (χ2v) is 5.25. The highest BCUT2D eigenvalue weighted by Gasteiger charge is 2.37. The molecule has 2 N–H and O–H groups in total. The van der Waals surface area contributed by atoms with E-state index in [4.69, 9.17) is 5.11 Å². The van der Waals surface area contributed by atoms with Crippen LogP contribution in [0.2, 0.25) is 0 Å². The van der Waals surface area contributed by atoms with Gasteiger partial charge in [0.2, 0.25) is 5.91 Å². The molecule has 134 valence electrons. The van der Waals surface area contributed by atoms with Crippen LogP contribution >= 0.6 is 0 Å². The first-order valence-corrected chi connectivity index (χ1v) is 6.60. The number of carbonyl (C=O) groups excluding carboxylic acids is 1. The van der Waals surface area contributed by atoms with Crippen molar-refractivity contribution in [3.8, 4) is 0 Å². The van der Waals surface area contributed by atoms with Crippen molar-refractivity contribution < 1.29 is 41.0 Å². The van der Waals surface area contributed by atoms with Crippen LogP contribution in [0.1, 0.15) is 30.9 Å². The molecule has 10 heteroatoms. The summed E-state index contributed by atoms with van der Waals surface area (Å²) < 4.78 is 76.1. The molecule has 0 fully saturated rings. The van der Waals surface area contributed by atoms with Crippen LogP contribution in [-0.2, 0) is 21.9 Å². The van der Waals surface area contributed by atoms with Crippen LogP contribution in [0.5, 0.6) is 0 Å². The van der Waals surface area contributed by atoms with Crippen molar-refractivity contribution in [3.05, 3.63) is 29.3 Å². The molecule has 0 aromatic heterocycles. The Balaban J connectivity index is 3.02. The predicted octanol–water partition coefficient (Wildman–Crippen LogP) is 4.16. The predicted molar refractivity (Wildman–Crippen MR) is 71.1 cm³/mol. The van der Waals surface area contributed by atoms with Crippen LogP contribution in [0, 0.1) is 5.92 Å². The zero-order chi connectivity index (χ0) is 18.7. The topological polar surface area (TPSA) is 66.4 Å². The van der Waals surface area contributed by atoms with E-state index < -0.39 is 47.0 Å². The second-order valence-electron chi connectivity index (χ2n) is 5.25. The maximum absolute atomic E-state index is 12.7. The summed E-state index contributed by atoms with van der Waals surface area (Å²) in [6, 6.07) is 0.715. The Morgan fingerprint density at radius 1 is 1.00 bits per heavy atom. The number of rotatable bonds is 5. The van der Waals surface area contributed by atoms with Crippen LogP contribution in [0.4, 0.5) is 32.0 Å². The van der Waals surface area contributed by atoms with Gasteiger partial charge in [-0.25, -0.2) is 0 Å². The quantitative estimate of drug-likeness (QED) is 0.778. The Hall–Kier alpha value is -2.26. The van der Waals surface area contributed by atoms with E-state index >= 15 is 0 Å². The van der Waals surface area contributed by atoms with Crippen LogP contribution in [0.15, 0.2) is 18.2 Å². The molecular formula is C14H13F6NO3. The highest BCUT2D eigenvalue weighted by atomic mass is 19.4. The van der Waals surface area contributed by atoms with E-state index in [0.717, 1.165) is 0 Å². The highest BCUT2D eigenvalue weighted by molar-refractivity contribution is 5.91. The number of nitrogens with one attached hydrogen (secondary N) is 1. The largest absolute Gasteiger partial charge is 0.481 e. The summed E-state index contributed by atoms with van der Waals surface area (Å²) in [5.41, 5.74) is -3.76. The fraction of sp³-hybridized carbons (Fsp3) is 0.429. The summed E-state index contributed by atoms with van der Waals surface area (Å²) in [5.74, 6) is -2.68. The van der Waals surface area contributed by atoms with Crippen LogP contribution in [-0.4, -0.2) is 17.0 Å². The molecule has 0 aliphatic heterocycles. The second kappa shape index (κ2) is 7.10. The Morgan fingerprint density at radius 2 is 1.46 bits per heavy atom. The zero-order valence-corrected chi connectivity index (χ0v) is 12.3. The minimum atomic E-state index is -5.02. The molecule has 4 nitrogen and oxygen atoms in total. The maximum Gasteiger partial charge on any atom is 0.416 e. The van der Waals surface area contributed by atoms with Crippen LogP contribution in [0.25, 0.3) is 0 Å². The van der Waals surface area contributed by atoms with Gasteiger partial charge in [0.1, 0.15) is 0 Å². The van der Waals surface area contributed by atoms with Crippen LogP contribution in [0.3, 0.4) is 0 Å². The molecule has 1 aromatic rings. The summed E-state index contributed by atoms with van der Waals surface area (Å²) in [7, 11) is 0. The minimum Gasteiger partial charge on any atom is -0.481 e. The molecule has 24 heavy (non-hydrogen) atoms. The van der Waals surface area contributed by atoms with Gasteiger partial charge in [-0.2, -0.15) is 26.3 Å². The molecule has 0 bridgehead atoms. The fourth-order valence-corrected chi connectivity index (χ4v) is 1.93. The number of carboxylic acid groups (broad SMARTS) is 1. The van der Waals surface area contributed by atoms with Gasteiger partial charge in [-0.3, -0.25) is 9.59 Å². The molecule has 0 radical (unpaired) electrons. The first-order valence-electron chi connectivity index (χ1n) is 6.60. The van der Waals surface area contributed by atoms with Crippen LogP contribution < -0.4 is 5.32 Å². The summed E-state index contributed by atoms with van der Waals surface area (Å²) in [6.07, 6.45) is -10.7. The Morgan fingerprint density at radius 3 is 1.83 bits per heavy atom. The van der Waals surface area contributed by atoms with Gasteiger partial charge in [0.25, 0.3) is 0 Å². The molecule has 1 amide bonds. The highest BCUT2D eigenvalue weighted by Crippen LogP contribution is 2.37. The monoisotopic (exact) mass is 357 g/mol. The van der Waals surface area contributed by atoms with E-state index in [1.54, 1.807) is 0 Å². The van der Waals surface area contributed by atoms with Gasteiger partial charge >= 0.3 is 18.3 Å². The molecule has 0 saturated carbocycles. The SMILES string of the molecule is C[C@H](CC(=O)O)CC(=O)Nc1cc(C(F)(F)F)cc(C(F)(F)F)c1. The number of aliphatic carboxylic acids is 1. The first kappa shape index (κ1) is 19.8. The minimum absolute atomic E-state index is 0.0529. The summed E-state index contributed by atoms with van der Waals surface area (Å²) in [6.45, 7) is 1.42. The lowest BCUT2D eigenvalue weighted by atomic mass is 10.0. The summed E-state index contributed by atoms with van der Waals surface area (Å²) >= 11 is 0. The number of hydrogen-bond donors (Lipinski definition) is 2. The molecule has 0 spiro atoms.